The number of nitrogens with one attached hydrogen (secondary N) is 1. The van der Waals surface area contributed by atoms with Crippen LogP contribution in [0.5, 0.6) is 0 Å². The van der Waals surface area contributed by atoms with Crippen LogP contribution in [0.1, 0.15) is 16.1 Å². The number of aromatic nitrogens is 2. The summed E-state index contributed by atoms with van der Waals surface area (Å²) in [5, 5.41) is 0.534. The van der Waals surface area contributed by atoms with Crippen molar-refractivity contribution in [2.75, 3.05) is 13.2 Å². The third-order valence-corrected chi connectivity index (χ3v) is 3.25. The highest BCUT2D eigenvalue weighted by atomic mass is 35.5. The molecule has 0 atom stereocenters. The lowest BCUT2D eigenvalue weighted by Crippen LogP contribution is -2.32. The summed E-state index contributed by atoms with van der Waals surface area (Å²) in [5.41, 5.74) is -0.132. The minimum absolute atomic E-state index is 0.0403. The summed E-state index contributed by atoms with van der Waals surface area (Å²) in [6.07, 6.45) is 0. The maximum atomic E-state index is 11.7. The van der Waals surface area contributed by atoms with Gasteiger partial charge in [-0.25, -0.2) is 9.59 Å². The molecular weight excluding hydrogens is 324 g/mol. The zero-order valence-electron chi connectivity index (χ0n) is 12.4. The first-order chi connectivity index (χ1) is 11.0. The molecule has 1 aromatic heterocycles. The van der Waals surface area contributed by atoms with Crippen LogP contribution in [0.4, 0.5) is 0 Å². The monoisotopic (exact) mass is 338 g/mol. The molecule has 0 aliphatic carbocycles. The van der Waals surface area contributed by atoms with Gasteiger partial charge in [0.1, 0.15) is 13.3 Å². The van der Waals surface area contributed by atoms with Crippen molar-refractivity contribution in [3.05, 3.63) is 67.4 Å². The molecule has 122 valence electrons. The number of halogens is 1. The maximum Gasteiger partial charge on any atom is 0.338 e. The number of benzene rings is 1. The van der Waals surface area contributed by atoms with E-state index in [-0.39, 0.29) is 19.9 Å². The van der Waals surface area contributed by atoms with Gasteiger partial charge in [-0.3, -0.25) is 14.3 Å². The average molecular weight is 339 g/mol. The van der Waals surface area contributed by atoms with Gasteiger partial charge in [-0.2, -0.15) is 0 Å². The lowest BCUT2D eigenvalue weighted by molar-refractivity contribution is 0.0158. The van der Waals surface area contributed by atoms with Gasteiger partial charge < -0.3 is 9.47 Å². The molecule has 0 fully saturated rings. The van der Waals surface area contributed by atoms with Gasteiger partial charge in [-0.15, -0.1) is 0 Å². The number of rotatable bonds is 6. The summed E-state index contributed by atoms with van der Waals surface area (Å²) in [7, 11) is 0. The first kappa shape index (κ1) is 17.0. The largest absolute Gasteiger partial charge is 0.460 e. The molecule has 0 aliphatic rings. The molecule has 0 bridgehead atoms. The molecule has 1 N–H and O–H groups in total. The molecule has 0 spiro atoms. The van der Waals surface area contributed by atoms with Gasteiger partial charge >= 0.3 is 11.7 Å². The topological polar surface area (TPSA) is 90.4 Å². The van der Waals surface area contributed by atoms with Crippen LogP contribution < -0.4 is 11.2 Å². The summed E-state index contributed by atoms with van der Waals surface area (Å²) in [5.74, 6) is -0.484. The Bertz CT molecular complexity index is 795. The Kier molecular flexibility index (Phi) is 5.72. The standard InChI is InChI=1S/C15H15ClN2O5/c1-10-8-13(19)17-15(21)18(10)9-22-6-7-23-14(20)11-2-4-12(16)5-3-11/h2-5,8H,6-7,9H2,1H3,(H,17,19,21). The van der Waals surface area contributed by atoms with Crippen LogP contribution in [-0.2, 0) is 16.2 Å². The Labute approximate surface area is 136 Å². The van der Waals surface area contributed by atoms with Crippen LogP contribution in [-0.4, -0.2) is 28.7 Å². The average Bonchev–Trinajstić information content (AvgIpc) is 2.49. The molecule has 1 heterocycles. The molecule has 0 saturated carbocycles. The number of carbonyl (C=O) groups excluding carboxylic acids is 1. The highest BCUT2D eigenvalue weighted by molar-refractivity contribution is 6.30. The minimum atomic E-state index is -0.548. The number of nitrogens with zero attached hydrogens (tertiary/aromatic N) is 1. The first-order valence-electron chi connectivity index (χ1n) is 6.78. The summed E-state index contributed by atoms with van der Waals surface area (Å²) in [6, 6.07) is 7.62. The quantitative estimate of drug-likeness (QED) is 0.634. The van der Waals surface area contributed by atoms with Gasteiger partial charge in [0.2, 0.25) is 0 Å². The minimum Gasteiger partial charge on any atom is -0.460 e. The fourth-order valence-corrected chi connectivity index (χ4v) is 1.94. The first-order valence-corrected chi connectivity index (χ1v) is 7.16. The molecule has 0 amide bonds. The summed E-state index contributed by atoms with van der Waals surface area (Å²) in [6.45, 7) is 1.74. The van der Waals surface area contributed by atoms with E-state index in [0.29, 0.717) is 16.3 Å². The summed E-state index contributed by atoms with van der Waals surface area (Å²) in [4.78, 5) is 36.5. The molecule has 0 aliphatic heterocycles. The molecule has 0 saturated heterocycles. The van der Waals surface area contributed by atoms with E-state index in [1.807, 2.05) is 0 Å². The van der Waals surface area contributed by atoms with E-state index in [4.69, 9.17) is 21.1 Å². The van der Waals surface area contributed by atoms with Crippen molar-refractivity contribution in [3.63, 3.8) is 0 Å². The van der Waals surface area contributed by atoms with E-state index in [1.54, 1.807) is 31.2 Å². The number of esters is 1. The van der Waals surface area contributed by atoms with E-state index in [9.17, 15) is 14.4 Å². The van der Waals surface area contributed by atoms with Gasteiger partial charge in [-0.05, 0) is 31.2 Å². The predicted molar refractivity (Wildman–Crippen MR) is 83.7 cm³/mol. The molecule has 0 radical (unpaired) electrons. The third kappa shape index (κ3) is 4.80. The number of aryl methyl sites for hydroxylation is 1. The molecular formula is C15H15ClN2O5. The van der Waals surface area contributed by atoms with Crippen molar-refractivity contribution in [1.29, 1.82) is 0 Å². The van der Waals surface area contributed by atoms with Crippen LogP contribution in [0.2, 0.25) is 5.02 Å². The van der Waals surface area contributed by atoms with E-state index in [1.165, 1.54) is 10.6 Å². The number of hydrogen-bond acceptors (Lipinski definition) is 5. The van der Waals surface area contributed by atoms with E-state index < -0.39 is 17.2 Å². The zero-order valence-corrected chi connectivity index (χ0v) is 13.1. The van der Waals surface area contributed by atoms with Crippen LogP contribution in [0, 0.1) is 6.92 Å². The molecule has 2 rings (SSSR count). The molecule has 2 aromatic rings. The number of aromatic amines is 1. The normalized spacial score (nSPS) is 10.5. The van der Waals surface area contributed by atoms with E-state index in [2.05, 4.69) is 4.98 Å². The second kappa shape index (κ2) is 7.75. The smallest absolute Gasteiger partial charge is 0.338 e. The van der Waals surface area contributed by atoms with Gasteiger partial charge in [0.05, 0.1) is 12.2 Å². The van der Waals surface area contributed by atoms with Gasteiger partial charge in [-0.1, -0.05) is 11.6 Å². The second-order valence-corrected chi connectivity index (χ2v) is 5.12. The SMILES string of the molecule is Cc1cc(=O)[nH]c(=O)n1COCCOC(=O)c1ccc(Cl)cc1. The lowest BCUT2D eigenvalue weighted by Gasteiger charge is -2.10. The van der Waals surface area contributed by atoms with Crippen molar-refractivity contribution in [2.24, 2.45) is 0 Å². The Morgan fingerprint density at radius 3 is 2.57 bits per heavy atom. The van der Waals surface area contributed by atoms with E-state index in [0.717, 1.165) is 0 Å². The second-order valence-electron chi connectivity index (χ2n) is 4.69. The van der Waals surface area contributed by atoms with Crippen molar-refractivity contribution in [2.45, 2.75) is 13.7 Å². The van der Waals surface area contributed by atoms with Crippen LogP contribution >= 0.6 is 11.6 Å². The molecule has 0 unspecified atom stereocenters. The zero-order chi connectivity index (χ0) is 16.8. The van der Waals surface area contributed by atoms with Crippen molar-refractivity contribution in [1.82, 2.24) is 9.55 Å². The summed E-state index contributed by atoms with van der Waals surface area (Å²) < 4.78 is 11.6. The summed E-state index contributed by atoms with van der Waals surface area (Å²) >= 11 is 5.73. The highest BCUT2D eigenvalue weighted by Gasteiger charge is 2.07. The lowest BCUT2D eigenvalue weighted by atomic mass is 10.2. The number of carbonyl (C=O) groups is 1. The number of hydrogen-bond donors (Lipinski definition) is 1. The van der Waals surface area contributed by atoms with Crippen molar-refractivity contribution < 1.29 is 14.3 Å². The third-order valence-electron chi connectivity index (χ3n) is 3.00. The molecule has 8 heteroatoms. The van der Waals surface area contributed by atoms with Gasteiger partial charge in [0, 0.05) is 16.8 Å². The van der Waals surface area contributed by atoms with Gasteiger partial charge in [0.25, 0.3) is 5.56 Å². The Morgan fingerprint density at radius 2 is 1.91 bits per heavy atom. The fourth-order valence-electron chi connectivity index (χ4n) is 1.82. The fraction of sp³-hybridized carbons (Fsp3) is 0.267. The predicted octanol–water partition coefficient (Wildman–Crippen LogP) is 1.33. The van der Waals surface area contributed by atoms with Crippen LogP contribution in [0.15, 0.2) is 39.9 Å². The Hall–Kier alpha value is -2.38. The number of H-pyrrole nitrogens is 1. The molecule has 1 aromatic carbocycles. The maximum absolute atomic E-state index is 11.7. The van der Waals surface area contributed by atoms with Crippen molar-refractivity contribution in [3.8, 4) is 0 Å². The molecule has 7 nitrogen and oxygen atoms in total. The molecule has 23 heavy (non-hydrogen) atoms. The van der Waals surface area contributed by atoms with Gasteiger partial charge in [0.15, 0.2) is 0 Å². The Morgan fingerprint density at radius 1 is 1.22 bits per heavy atom. The highest BCUT2D eigenvalue weighted by Crippen LogP contribution is 2.10. The van der Waals surface area contributed by atoms with Crippen molar-refractivity contribution >= 4 is 17.6 Å². The van der Waals surface area contributed by atoms with Crippen LogP contribution in [0.25, 0.3) is 0 Å². The van der Waals surface area contributed by atoms with E-state index >= 15 is 0 Å². The number of ether oxygens (including phenoxy) is 2. The van der Waals surface area contributed by atoms with Crippen LogP contribution in [0.3, 0.4) is 0 Å². The Balaban J connectivity index is 1.78.